The van der Waals surface area contributed by atoms with Crippen molar-refractivity contribution in [1.82, 2.24) is 4.98 Å². The summed E-state index contributed by atoms with van der Waals surface area (Å²) < 4.78 is 0.749. The van der Waals surface area contributed by atoms with Crippen LogP contribution in [0.2, 0.25) is 0 Å². The minimum Gasteiger partial charge on any atom is -0.396 e. The Kier molecular flexibility index (Phi) is 1.80. The first kappa shape index (κ1) is 7.34. The number of nitrogen functional groups attached to an aromatic ring is 2. The second kappa shape index (κ2) is 2.46. The average molecular weight is 202 g/mol. The highest BCUT2D eigenvalue weighted by Gasteiger charge is 1.99. The summed E-state index contributed by atoms with van der Waals surface area (Å²) >= 11 is 3.23. The SMILES string of the molecule is Cc1cc(N)c(N)nc1Br. The molecule has 1 heterocycles. The number of anilines is 2. The normalized spacial score (nSPS) is 9.80. The van der Waals surface area contributed by atoms with Crippen LogP contribution in [0.1, 0.15) is 5.56 Å². The standard InChI is InChI=1S/C6H8BrN3/c1-3-2-4(8)6(9)10-5(3)7/h2H,8H2,1H3,(H2,9,10). The van der Waals surface area contributed by atoms with Crippen molar-refractivity contribution in [2.45, 2.75) is 6.92 Å². The van der Waals surface area contributed by atoms with Crippen LogP contribution >= 0.6 is 15.9 Å². The van der Waals surface area contributed by atoms with Gasteiger partial charge in [0.1, 0.15) is 10.4 Å². The van der Waals surface area contributed by atoms with Crippen molar-refractivity contribution in [3.63, 3.8) is 0 Å². The quantitative estimate of drug-likeness (QED) is 0.623. The van der Waals surface area contributed by atoms with Gasteiger partial charge >= 0.3 is 0 Å². The number of aromatic nitrogens is 1. The number of pyridine rings is 1. The van der Waals surface area contributed by atoms with Crippen molar-refractivity contribution in [3.8, 4) is 0 Å². The van der Waals surface area contributed by atoms with Crippen molar-refractivity contribution in [2.24, 2.45) is 0 Å². The zero-order valence-electron chi connectivity index (χ0n) is 5.56. The number of halogens is 1. The smallest absolute Gasteiger partial charge is 0.147 e. The molecule has 10 heavy (non-hydrogen) atoms. The van der Waals surface area contributed by atoms with Gasteiger partial charge in [-0.25, -0.2) is 4.98 Å². The highest BCUT2D eigenvalue weighted by molar-refractivity contribution is 9.10. The monoisotopic (exact) mass is 201 g/mol. The fraction of sp³-hybridized carbons (Fsp3) is 0.167. The van der Waals surface area contributed by atoms with Crippen LogP contribution in [0.3, 0.4) is 0 Å². The summed E-state index contributed by atoms with van der Waals surface area (Å²) in [5.41, 5.74) is 12.4. The van der Waals surface area contributed by atoms with E-state index in [9.17, 15) is 0 Å². The Morgan fingerprint density at radius 1 is 1.50 bits per heavy atom. The van der Waals surface area contributed by atoms with Gasteiger partial charge in [-0.05, 0) is 34.5 Å². The van der Waals surface area contributed by atoms with E-state index in [-0.39, 0.29) is 0 Å². The van der Waals surface area contributed by atoms with Gasteiger partial charge in [-0.3, -0.25) is 0 Å². The van der Waals surface area contributed by atoms with E-state index >= 15 is 0 Å². The highest BCUT2D eigenvalue weighted by atomic mass is 79.9. The van der Waals surface area contributed by atoms with Crippen molar-refractivity contribution < 1.29 is 0 Å². The lowest BCUT2D eigenvalue weighted by atomic mass is 10.3. The fourth-order valence-corrected chi connectivity index (χ4v) is 0.931. The molecule has 4 heteroatoms. The molecule has 0 atom stereocenters. The molecule has 0 unspecified atom stereocenters. The summed E-state index contributed by atoms with van der Waals surface area (Å²) in [7, 11) is 0. The molecular formula is C6H8BrN3. The Hall–Kier alpha value is -0.770. The maximum absolute atomic E-state index is 5.48. The van der Waals surface area contributed by atoms with Crippen molar-refractivity contribution in [1.29, 1.82) is 0 Å². The number of nitrogens with zero attached hydrogens (tertiary/aromatic N) is 1. The van der Waals surface area contributed by atoms with Crippen LogP contribution in [0, 0.1) is 6.92 Å². The lowest BCUT2D eigenvalue weighted by Crippen LogP contribution is -1.98. The number of hydrogen-bond acceptors (Lipinski definition) is 3. The molecule has 0 aliphatic carbocycles. The molecule has 0 saturated heterocycles. The Morgan fingerprint density at radius 2 is 2.10 bits per heavy atom. The zero-order valence-corrected chi connectivity index (χ0v) is 7.14. The van der Waals surface area contributed by atoms with E-state index in [2.05, 4.69) is 20.9 Å². The molecule has 0 bridgehead atoms. The van der Waals surface area contributed by atoms with Crippen LogP contribution in [0.25, 0.3) is 0 Å². The number of rotatable bonds is 0. The Labute approximate surface area is 67.6 Å². The van der Waals surface area contributed by atoms with E-state index in [0.29, 0.717) is 11.5 Å². The maximum atomic E-state index is 5.48. The van der Waals surface area contributed by atoms with Gasteiger partial charge in [0.05, 0.1) is 5.69 Å². The van der Waals surface area contributed by atoms with Crippen molar-refractivity contribution in [3.05, 3.63) is 16.2 Å². The Balaban J connectivity index is 3.28. The van der Waals surface area contributed by atoms with Gasteiger partial charge < -0.3 is 11.5 Å². The predicted octanol–water partition coefficient (Wildman–Crippen LogP) is 1.32. The molecule has 4 N–H and O–H groups in total. The largest absolute Gasteiger partial charge is 0.396 e. The lowest BCUT2D eigenvalue weighted by molar-refractivity contribution is 1.23. The summed E-state index contributed by atoms with van der Waals surface area (Å²) in [6.07, 6.45) is 0. The number of hydrogen-bond donors (Lipinski definition) is 2. The first-order chi connectivity index (χ1) is 4.61. The highest BCUT2D eigenvalue weighted by Crippen LogP contribution is 2.19. The molecule has 0 radical (unpaired) electrons. The molecule has 0 fully saturated rings. The lowest BCUT2D eigenvalue weighted by Gasteiger charge is -2.01. The second-order valence-corrected chi connectivity index (χ2v) is 2.82. The third-order valence-corrected chi connectivity index (χ3v) is 2.01. The minimum absolute atomic E-state index is 0.373. The van der Waals surface area contributed by atoms with Crippen LogP contribution in [-0.2, 0) is 0 Å². The first-order valence-electron chi connectivity index (χ1n) is 2.79. The molecule has 1 aromatic rings. The fourth-order valence-electron chi connectivity index (χ4n) is 0.625. The van der Waals surface area contributed by atoms with Crippen molar-refractivity contribution >= 4 is 27.4 Å². The van der Waals surface area contributed by atoms with E-state index in [1.807, 2.05) is 6.92 Å². The topological polar surface area (TPSA) is 64.9 Å². The van der Waals surface area contributed by atoms with E-state index in [1.54, 1.807) is 6.07 Å². The molecule has 0 aliphatic heterocycles. The maximum Gasteiger partial charge on any atom is 0.147 e. The van der Waals surface area contributed by atoms with Crippen LogP contribution in [0.15, 0.2) is 10.7 Å². The van der Waals surface area contributed by atoms with E-state index in [0.717, 1.165) is 10.2 Å². The van der Waals surface area contributed by atoms with Crippen LogP contribution in [-0.4, -0.2) is 4.98 Å². The summed E-state index contributed by atoms with van der Waals surface area (Å²) in [5.74, 6) is 0.373. The van der Waals surface area contributed by atoms with E-state index in [1.165, 1.54) is 0 Å². The average Bonchev–Trinajstić information content (AvgIpc) is 1.84. The molecule has 0 amide bonds. The molecule has 0 aliphatic rings. The summed E-state index contributed by atoms with van der Waals surface area (Å²) in [4.78, 5) is 3.94. The summed E-state index contributed by atoms with van der Waals surface area (Å²) in [5, 5.41) is 0. The van der Waals surface area contributed by atoms with Gasteiger partial charge in [0.2, 0.25) is 0 Å². The van der Waals surface area contributed by atoms with Gasteiger partial charge in [0.25, 0.3) is 0 Å². The van der Waals surface area contributed by atoms with Gasteiger partial charge in [-0.15, -0.1) is 0 Å². The third-order valence-electron chi connectivity index (χ3n) is 1.21. The predicted molar refractivity (Wildman–Crippen MR) is 45.5 cm³/mol. The first-order valence-corrected chi connectivity index (χ1v) is 3.58. The summed E-state index contributed by atoms with van der Waals surface area (Å²) in [6, 6.07) is 1.78. The van der Waals surface area contributed by atoms with Gasteiger partial charge in [0.15, 0.2) is 0 Å². The van der Waals surface area contributed by atoms with Crippen LogP contribution < -0.4 is 11.5 Å². The molecule has 1 rings (SSSR count). The molecule has 54 valence electrons. The number of aryl methyl sites for hydroxylation is 1. The minimum atomic E-state index is 0.373. The number of nitrogens with two attached hydrogens (primary N) is 2. The van der Waals surface area contributed by atoms with E-state index < -0.39 is 0 Å². The van der Waals surface area contributed by atoms with Gasteiger partial charge in [-0.2, -0.15) is 0 Å². The van der Waals surface area contributed by atoms with E-state index in [4.69, 9.17) is 11.5 Å². The van der Waals surface area contributed by atoms with Gasteiger partial charge in [-0.1, -0.05) is 0 Å². The third kappa shape index (κ3) is 1.21. The van der Waals surface area contributed by atoms with Crippen molar-refractivity contribution in [2.75, 3.05) is 11.5 Å². The molecular weight excluding hydrogens is 194 g/mol. The molecule has 0 saturated carbocycles. The Morgan fingerprint density at radius 3 is 2.60 bits per heavy atom. The van der Waals surface area contributed by atoms with Crippen LogP contribution in [0.4, 0.5) is 11.5 Å². The molecule has 3 nitrogen and oxygen atoms in total. The molecule has 1 aromatic heterocycles. The second-order valence-electron chi connectivity index (χ2n) is 2.07. The molecule has 0 aromatic carbocycles. The van der Waals surface area contributed by atoms with Crippen LogP contribution in [0.5, 0.6) is 0 Å². The molecule has 0 spiro atoms. The Bertz CT molecular complexity index is 209. The summed E-state index contributed by atoms with van der Waals surface area (Å²) in [6.45, 7) is 1.91. The zero-order chi connectivity index (χ0) is 7.72. The van der Waals surface area contributed by atoms with Gasteiger partial charge in [0, 0.05) is 0 Å².